The Balaban J connectivity index is 3.93. The fourth-order valence-electron chi connectivity index (χ4n) is 0.823. The zero-order valence-electron chi connectivity index (χ0n) is 11.0. The molecule has 0 aliphatic heterocycles. The van der Waals surface area contributed by atoms with Crippen LogP contribution in [0.15, 0.2) is 0 Å². The smallest absolute Gasteiger partial charge is 0.192 e. The fraction of sp³-hybridized carbons (Fsp3) is 1.00. The lowest BCUT2D eigenvalue weighted by Gasteiger charge is -2.36. The summed E-state index contributed by atoms with van der Waals surface area (Å²) in [6, 6.07) is 0. The van der Waals surface area contributed by atoms with Crippen LogP contribution in [0.5, 0.6) is 0 Å². The number of aliphatic hydroxyl groups excluding tert-OH is 1. The molecular weight excluding hydrogens is 208 g/mol. The van der Waals surface area contributed by atoms with Crippen LogP contribution < -0.4 is 0 Å². The van der Waals surface area contributed by atoms with Gasteiger partial charge in [0, 0.05) is 6.61 Å². The van der Waals surface area contributed by atoms with E-state index in [1.807, 2.05) is 6.92 Å². The first kappa shape index (κ1) is 15.1. The van der Waals surface area contributed by atoms with Crippen molar-refractivity contribution < 1.29 is 14.3 Å². The zero-order valence-corrected chi connectivity index (χ0v) is 12.0. The van der Waals surface area contributed by atoms with E-state index >= 15 is 0 Å². The lowest BCUT2D eigenvalue weighted by atomic mass is 10.2. The minimum absolute atomic E-state index is 0.193. The van der Waals surface area contributed by atoms with Gasteiger partial charge >= 0.3 is 0 Å². The van der Waals surface area contributed by atoms with Gasteiger partial charge in [-0.3, -0.25) is 0 Å². The van der Waals surface area contributed by atoms with Crippen LogP contribution in [0.25, 0.3) is 0 Å². The molecule has 0 saturated carbocycles. The normalized spacial score (nSPS) is 15.4. The quantitative estimate of drug-likeness (QED) is 0.717. The van der Waals surface area contributed by atoms with E-state index in [2.05, 4.69) is 33.9 Å². The Morgan fingerprint density at radius 3 is 2.13 bits per heavy atom. The molecule has 0 aromatic heterocycles. The predicted molar refractivity (Wildman–Crippen MR) is 65.6 cm³/mol. The minimum Gasteiger partial charge on any atom is -0.414 e. The molecule has 0 heterocycles. The van der Waals surface area contributed by atoms with Crippen molar-refractivity contribution in [3.05, 3.63) is 0 Å². The summed E-state index contributed by atoms with van der Waals surface area (Å²) in [6.45, 7) is 14.2. The number of rotatable bonds is 6. The average Bonchev–Trinajstić information content (AvgIpc) is 2.09. The maximum absolute atomic E-state index is 9.58. The Labute approximate surface area is 94.9 Å². The van der Waals surface area contributed by atoms with Crippen molar-refractivity contribution in [2.45, 2.75) is 51.9 Å². The molecule has 15 heavy (non-hydrogen) atoms. The molecule has 0 spiro atoms. The molecule has 0 aromatic carbocycles. The molecule has 0 saturated heterocycles. The second-order valence-electron chi connectivity index (χ2n) is 5.38. The first-order valence-corrected chi connectivity index (χ1v) is 8.51. The summed E-state index contributed by atoms with van der Waals surface area (Å²) >= 11 is 0. The van der Waals surface area contributed by atoms with Crippen molar-refractivity contribution in [2.24, 2.45) is 0 Å². The number of hydrogen-bond acceptors (Lipinski definition) is 3. The first-order valence-electron chi connectivity index (χ1n) is 5.60. The molecule has 1 unspecified atom stereocenters. The molecule has 1 atom stereocenters. The molecule has 0 radical (unpaired) electrons. The molecular formula is C11H26O3Si. The molecule has 0 aliphatic rings. The first-order chi connectivity index (χ1) is 6.70. The molecule has 0 aliphatic carbocycles. The Morgan fingerprint density at radius 1 is 1.20 bits per heavy atom. The Morgan fingerprint density at radius 2 is 1.73 bits per heavy atom. The highest BCUT2D eigenvalue weighted by Crippen LogP contribution is 2.36. The summed E-state index contributed by atoms with van der Waals surface area (Å²) in [5, 5.41) is 9.77. The SMILES string of the molecule is CCOCC(O)CO[Si](C)(C)C(C)(C)C. The van der Waals surface area contributed by atoms with Crippen LogP contribution in [0.3, 0.4) is 0 Å². The Bertz CT molecular complexity index is 175. The fourth-order valence-corrected chi connectivity index (χ4v) is 1.87. The molecule has 0 aromatic rings. The lowest BCUT2D eigenvalue weighted by Crippen LogP contribution is -2.43. The van der Waals surface area contributed by atoms with Crippen molar-refractivity contribution in [3.8, 4) is 0 Å². The standard InChI is InChI=1S/C11H26O3Si/c1-7-13-8-10(12)9-14-15(5,6)11(2,3)4/h10,12H,7-9H2,1-6H3. The largest absolute Gasteiger partial charge is 0.414 e. The van der Waals surface area contributed by atoms with Gasteiger partial charge in [-0.15, -0.1) is 0 Å². The Hall–Kier alpha value is 0.0969. The van der Waals surface area contributed by atoms with Crippen LogP contribution in [0.4, 0.5) is 0 Å². The highest BCUT2D eigenvalue weighted by atomic mass is 28.4. The third kappa shape index (κ3) is 5.66. The maximum atomic E-state index is 9.58. The van der Waals surface area contributed by atoms with Gasteiger partial charge in [0.05, 0.1) is 19.3 Å². The zero-order chi connectivity index (χ0) is 12.1. The van der Waals surface area contributed by atoms with Crippen molar-refractivity contribution in [1.29, 1.82) is 0 Å². The van der Waals surface area contributed by atoms with Gasteiger partial charge in [0.1, 0.15) is 0 Å². The van der Waals surface area contributed by atoms with Gasteiger partial charge in [0.2, 0.25) is 0 Å². The summed E-state index contributed by atoms with van der Waals surface area (Å²) in [6.07, 6.45) is -0.501. The summed E-state index contributed by atoms with van der Waals surface area (Å²) in [4.78, 5) is 0. The van der Waals surface area contributed by atoms with Crippen molar-refractivity contribution in [2.75, 3.05) is 19.8 Å². The van der Waals surface area contributed by atoms with E-state index in [1.165, 1.54) is 0 Å². The van der Waals surface area contributed by atoms with Crippen LogP contribution >= 0.6 is 0 Å². The van der Waals surface area contributed by atoms with E-state index in [0.29, 0.717) is 19.8 Å². The number of hydrogen-bond donors (Lipinski definition) is 1. The lowest BCUT2D eigenvalue weighted by molar-refractivity contribution is 0.0133. The van der Waals surface area contributed by atoms with Crippen LogP contribution in [0, 0.1) is 0 Å². The van der Waals surface area contributed by atoms with Gasteiger partial charge in [-0.25, -0.2) is 0 Å². The second-order valence-corrected chi connectivity index (χ2v) is 10.2. The predicted octanol–water partition coefficient (Wildman–Crippen LogP) is 2.41. The van der Waals surface area contributed by atoms with Gasteiger partial charge in [0.25, 0.3) is 0 Å². The van der Waals surface area contributed by atoms with E-state index < -0.39 is 14.4 Å². The van der Waals surface area contributed by atoms with Gasteiger partial charge < -0.3 is 14.3 Å². The number of aliphatic hydroxyl groups is 1. The number of ether oxygens (including phenoxy) is 1. The Kier molecular flexibility index (Phi) is 6.03. The summed E-state index contributed by atoms with van der Waals surface area (Å²) in [5.74, 6) is 0. The van der Waals surface area contributed by atoms with Crippen molar-refractivity contribution >= 4 is 8.32 Å². The van der Waals surface area contributed by atoms with Crippen molar-refractivity contribution in [1.82, 2.24) is 0 Å². The summed E-state index contributed by atoms with van der Waals surface area (Å²) < 4.78 is 11.0. The van der Waals surface area contributed by atoms with Gasteiger partial charge in [-0.05, 0) is 25.1 Å². The van der Waals surface area contributed by atoms with E-state index in [4.69, 9.17) is 9.16 Å². The molecule has 0 fully saturated rings. The molecule has 4 heteroatoms. The van der Waals surface area contributed by atoms with Gasteiger partial charge in [0.15, 0.2) is 8.32 Å². The molecule has 0 bridgehead atoms. The minimum atomic E-state index is -1.72. The van der Waals surface area contributed by atoms with E-state index in [9.17, 15) is 5.11 Å². The van der Waals surface area contributed by atoms with Gasteiger partial charge in [-0.2, -0.15) is 0 Å². The van der Waals surface area contributed by atoms with E-state index in [-0.39, 0.29) is 5.04 Å². The average molecular weight is 234 g/mol. The third-order valence-corrected chi connectivity index (χ3v) is 7.46. The third-order valence-electron chi connectivity index (χ3n) is 2.96. The molecule has 1 N–H and O–H groups in total. The van der Waals surface area contributed by atoms with Crippen molar-refractivity contribution in [3.63, 3.8) is 0 Å². The van der Waals surface area contributed by atoms with E-state index in [0.717, 1.165) is 0 Å². The van der Waals surface area contributed by atoms with Crippen LogP contribution in [0.1, 0.15) is 27.7 Å². The van der Waals surface area contributed by atoms with E-state index in [1.54, 1.807) is 0 Å². The highest BCUT2D eigenvalue weighted by Gasteiger charge is 2.37. The maximum Gasteiger partial charge on any atom is 0.192 e. The molecule has 0 rings (SSSR count). The van der Waals surface area contributed by atoms with Crippen LogP contribution in [-0.2, 0) is 9.16 Å². The van der Waals surface area contributed by atoms with Crippen LogP contribution in [-0.4, -0.2) is 39.3 Å². The second kappa shape index (κ2) is 5.99. The molecule has 0 amide bonds. The van der Waals surface area contributed by atoms with Crippen LogP contribution in [0.2, 0.25) is 18.1 Å². The molecule has 92 valence electrons. The summed E-state index contributed by atoms with van der Waals surface area (Å²) in [5.41, 5.74) is 0. The monoisotopic (exact) mass is 234 g/mol. The highest BCUT2D eigenvalue weighted by molar-refractivity contribution is 6.74. The molecule has 3 nitrogen and oxygen atoms in total. The van der Waals surface area contributed by atoms with Gasteiger partial charge in [-0.1, -0.05) is 20.8 Å². The summed E-state index contributed by atoms with van der Waals surface area (Å²) in [7, 11) is -1.72. The topological polar surface area (TPSA) is 38.7 Å².